The summed E-state index contributed by atoms with van der Waals surface area (Å²) in [6, 6.07) is 14.4. The molecule has 0 radical (unpaired) electrons. The lowest BCUT2D eigenvalue weighted by Gasteiger charge is -2.23. The van der Waals surface area contributed by atoms with Gasteiger partial charge in [0.05, 0.1) is 26.3 Å². The van der Waals surface area contributed by atoms with Gasteiger partial charge in [0, 0.05) is 12.0 Å². The molecule has 4 rings (SSSR count). The molecular formula is C23H25N3O5. The van der Waals surface area contributed by atoms with Crippen LogP contribution in [0.1, 0.15) is 22.3 Å². The zero-order valence-electron chi connectivity index (χ0n) is 17.3. The van der Waals surface area contributed by atoms with Crippen LogP contribution in [0, 0.1) is 6.92 Å². The molecule has 162 valence electrons. The minimum absolute atomic E-state index is 0.109. The van der Waals surface area contributed by atoms with Gasteiger partial charge < -0.3 is 25.4 Å². The molecule has 0 unspecified atom stereocenters. The summed E-state index contributed by atoms with van der Waals surface area (Å²) < 4.78 is 11.2. The van der Waals surface area contributed by atoms with Crippen molar-refractivity contribution in [3.63, 3.8) is 0 Å². The molecule has 3 N–H and O–H groups in total. The average Bonchev–Trinajstić information content (AvgIpc) is 3.39. The molecule has 0 saturated carbocycles. The van der Waals surface area contributed by atoms with Crippen LogP contribution >= 0.6 is 0 Å². The molecule has 2 aliphatic heterocycles. The number of rotatable bonds is 5. The lowest BCUT2D eigenvalue weighted by molar-refractivity contribution is -0.152. The maximum absolute atomic E-state index is 12.7. The van der Waals surface area contributed by atoms with Crippen molar-refractivity contribution in [2.24, 2.45) is 5.73 Å². The molecule has 2 aromatic rings. The number of nitrogens with zero attached hydrogens (tertiary/aromatic N) is 1. The summed E-state index contributed by atoms with van der Waals surface area (Å²) in [6.45, 7) is 2.68. The highest BCUT2D eigenvalue weighted by molar-refractivity contribution is 5.98. The third kappa shape index (κ3) is 4.45. The van der Waals surface area contributed by atoms with Gasteiger partial charge in [0.25, 0.3) is 5.91 Å². The van der Waals surface area contributed by atoms with Gasteiger partial charge in [-0.3, -0.25) is 14.4 Å². The number of nitrogens with two attached hydrogens (primary N) is 1. The number of primary amides is 1. The van der Waals surface area contributed by atoms with Crippen molar-refractivity contribution < 1.29 is 23.9 Å². The van der Waals surface area contributed by atoms with Gasteiger partial charge in [-0.2, -0.15) is 0 Å². The molecule has 2 aliphatic rings. The fraction of sp³-hybridized carbons (Fsp3) is 0.348. The summed E-state index contributed by atoms with van der Waals surface area (Å²) in [6.07, 6.45) is 0.195. The molecule has 1 spiro atoms. The third-order valence-corrected chi connectivity index (χ3v) is 5.66. The Kier molecular flexibility index (Phi) is 5.75. The molecule has 8 heteroatoms. The Morgan fingerprint density at radius 1 is 1.10 bits per heavy atom. The van der Waals surface area contributed by atoms with E-state index in [4.69, 9.17) is 15.2 Å². The van der Waals surface area contributed by atoms with E-state index in [0.29, 0.717) is 18.8 Å². The van der Waals surface area contributed by atoms with Gasteiger partial charge in [-0.15, -0.1) is 0 Å². The quantitative estimate of drug-likeness (QED) is 0.751. The Balaban J connectivity index is 1.41. The second-order valence-corrected chi connectivity index (χ2v) is 7.88. The van der Waals surface area contributed by atoms with Gasteiger partial charge in [-0.1, -0.05) is 42.0 Å². The van der Waals surface area contributed by atoms with Crippen LogP contribution in [0.15, 0.2) is 48.5 Å². The van der Waals surface area contributed by atoms with Crippen molar-refractivity contribution in [1.29, 1.82) is 0 Å². The molecule has 0 bridgehead atoms. The van der Waals surface area contributed by atoms with Crippen LogP contribution in [0.25, 0.3) is 11.1 Å². The largest absolute Gasteiger partial charge is 0.368 e. The van der Waals surface area contributed by atoms with Crippen molar-refractivity contribution in [2.75, 3.05) is 26.3 Å². The maximum Gasteiger partial charge on any atom is 0.251 e. The van der Waals surface area contributed by atoms with Gasteiger partial charge in [-0.05, 0) is 30.2 Å². The van der Waals surface area contributed by atoms with E-state index in [9.17, 15) is 14.4 Å². The monoisotopic (exact) mass is 423 g/mol. The van der Waals surface area contributed by atoms with Crippen molar-refractivity contribution in [2.45, 2.75) is 25.2 Å². The van der Waals surface area contributed by atoms with Gasteiger partial charge in [0.1, 0.15) is 6.04 Å². The van der Waals surface area contributed by atoms with Gasteiger partial charge >= 0.3 is 0 Å². The first-order chi connectivity index (χ1) is 14.9. The Hall–Kier alpha value is -3.23. The van der Waals surface area contributed by atoms with E-state index in [1.807, 2.05) is 37.3 Å². The van der Waals surface area contributed by atoms with E-state index in [1.165, 1.54) is 4.90 Å². The molecule has 3 amide bonds. The van der Waals surface area contributed by atoms with E-state index in [0.717, 1.165) is 16.7 Å². The van der Waals surface area contributed by atoms with Crippen molar-refractivity contribution in [1.82, 2.24) is 10.2 Å². The second kappa shape index (κ2) is 8.49. The van der Waals surface area contributed by atoms with E-state index in [-0.39, 0.29) is 25.4 Å². The number of nitrogens with one attached hydrogen (secondary N) is 1. The number of hydrogen-bond donors (Lipinski definition) is 2. The van der Waals surface area contributed by atoms with Gasteiger partial charge in [0.15, 0.2) is 5.79 Å². The van der Waals surface area contributed by atoms with Crippen LogP contribution in [-0.4, -0.2) is 60.8 Å². The summed E-state index contributed by atoms with van der Waals surface area (Å²) >= 11 is 0. The van der Waals surface area contributed by atoms with Crippen molar-refractivity contribution in [3.8, 4) is 11.1 Å². The molecule has 2 heterocycles. The molecule has 0 aromatic heterocycles. The molecule has 2 aromatic carbocycles. The molecule has 31 heavy (non-hydrogen) atoms. The molecule has 0 aliphatic carbocycles. The minimum atomic E-state index is -0.984. The summed E-state index contributed by atoms with van der Waals surface area (Å²) in [7, 11) is 0. The number of aryl methyl sites for hydroxylation is 1. The highest BCUT2D eigenvalue weighted by Gasteiger charge is 2.51. The Morgan fingerprint density at radius 3 is 2.48 bits per heavy atom. The van der Waals surface area contributed by atoms with Crippen molar-refractivity contribution in [3.05, 3.63) is 59.7 Å². The molecule has 8 nitrogen and oxygen atoms in total. The van der Waals surface area contributed by atoms with Crippen LogP contribution in [-0.2, 0) is 19.1 Å². The highest BCUT2D eigenvalue weighted by atomic mass is 16.7. The van der Waals surface area contributed by atoms with Crippen LogP contribution in [0.2, 0.25) is 0 Å². The number of benzene rings is 2. The van der Waals surface area contributed by atoms with E-state index in [1.54, 1.807) is 18.2 Å². The number of amides is 3. The normalized spacial score (nSPS) is 19.5. The maximum atomic E-state index is 12.7. The number of carbonyl (C=O) groups excluding carboxylic acids is 3. The number of likely N-dealkylation sites (tertiary alicyclic amines) is 1. The molecule has 2 fully saturated rings. The van der Waals surface area contributed by atoms with Crippen LogP contribution < -0.4 is 11.1 Å². The number of carbonyl (C=O) groups is 3. The summed E-state index contributed by atoms with van der Waals surface area (Å²) in [5, 5.41) is 2.64. The van der Waals surface area contributed by atoms with Crippen LogP contribution in [0.4, 0.5) is 0 Å². The SMILES string of the molecule is Cc1ccc(-c2cccc(C(=O)NCC(=O)N3CC4(C[C@H]3C(N)=O)OCCO4)c2)cc1. The smallest absolute Gasteiger partial charge is 0.251 e. The molecule has 2 saturated heterocycles. The summed E-state index contributed by atoms with van der Waals surface area (Å²) in [5.41, 5.74) is 8.98. The van der Waals surface area contributed by atoms with Gasteiger partial charge in [-0.25, -0.2) is 0 Å². The first kappa shape index (κ1) is 21.0. The zero-order chi connectivity index (χ0) is 22.0. The Labute approximate surface area is 180 Å². The summed E-state index contributed by atoms with van der Waals surface area (Å²) in [5.74, 6) is -2.40. The standard InChI is InChI=1S/C23H25N3O5/c1-15-5-7-16(8-6-15)17-3-2-4-18(11-17)22(29)25-13-20(27)26-14-23(30-9-10-31-23)12-19(26)21(24)28/h2-8,11,19H,9-10,12-14H2,1H3,(H2,24,28)(H,25,29)/t19-/m0/s1. The molecular weight excluding hydrogens is 398 g/mol. The Bertz CT molecular complexity index is 999. The molecule has 1 atom stereocenters. The predicted molar refractivity (Wildman–Crippen MR) is 113 cm³/mol. The lowest BCUT2D eigenvalue weighted by Crippen LogP contribution is -2.48. The first-order valence-corrected chi connectivity index (χ1v) is 10.2. The van der Waals surface area contributed by atoms with E-state index >= 15 is 0 Å². The van der Waals surface area contributed by atoms with E-state index < -0.39 is 23.6 Å². The van der Waals surface area contributed by atoms with Crippen molar-refractivity contribution >= 4 is 17.7 Å². The van der Waals surface area contributed by atoms with E-state index in [2.05, 4.69) is 5.32 Å². The predicted octanol–water partition coefficient (Wildman–Crippen LogP) is 1.22. The second-order valence-electron chi connectivity index (χ2n) is 7.88. The van der Waals surface area contributed by atoms with Crippen LogP contribution in [0.3, 0.4) is 0 Å². The zero-order valence-corrected chi connectivity index (χ0v) is 17.3. The fourth-order valence-electron chi connectivity index (χ4n) is 4.01. The van der Waals surface area contributed by atoms with Gasteiger partial charge in [0.2, 0.25) is 11.8 Å². The highest BCUT2D eigenvalue weighted by Crippen LogP contribution is 2.34. The van der Waals surface area contributed by atoms with Crippen LogP contribution in [0.5, 0.6) is 0 Å². The fourth-order valence-corrected chi connectivity index (χ4v) is 4.01. The topological polar surface area (TPSA) is 111 Å². The average molecular weight is 423 g/mol. The third-order valence-electron chi connectivity index (χ3n) is 5.66. The number of ether oxygens (including phenoxy) is 2. The minimum Gasteiger partial charge on any atom is -0.368 e. The number of hydrogen-bond acceptors (Lipinski definition) is 5. The Morgan fingerprint density at radius 2 is 1.81 bits per heavy atom. The summed E-state index contributed by atoms with van der Waals surface area (Å²) in [4.78, 5) is 38.6. The first-order valence-electron chi connectivity index (χ1n) is 10.2. The lowest BCUT2D eigenvalue weighted by atomic mass is 10.0.